The third-order valence-electron chi connectivity index (χ3n) is 2.94. The van der Waals surface area contributed by atoms with E-state index in [2.05, 4.69) is 26.1 Å². The van der Waals surface area contributed by atoms with Crippen molar-refractivity contribution < 1.29 is 4.74 Å². The van der Waals surface area contributed by atoms with E-state index in [1.165, 1.54) is 0 Å². The lowest BCUT2D eigenvalue weighted by Gasteiger charge is -2.30. The van der Waals surface area contributed by atoms with Crippen molar-refractivity contribution in [1.82, 2.24) is 5.32 Å². The van der Waals surface area contributed by atoms with Crippen molar-refractivity contribution in [3.05, 3.63) is 28.8 Å². The number of aryl methyl sites for hydroxylation is 1. The Bertz CT molecular complexity index is 367. The summed E-state index contributed by atoms with van der Waals surface area (Å²) in [6.45, 7) is 10.1. The van der Waals surface area contributed by atoms with Crippen LogP contribution >= 0.6 is 11.6 Å². The quantitative estimate of drug-likeness (QED) is 0.835. The molecule has 1 aromatic rings. The van der Waals surface area contributed by atoms with Gasteiger partial charge in [0.05, 0.1) is 5.02 Å². The zero-order chi connectivity index (χ0) is 12.9. The van der Waals surface area contributed by atoms with E-state index in [4.69, 9.17) is 16.3 Å². The monoisotopic (exact) mass is 255 g/mol. The van der Waals surface area contributed by atoms with E-state index < -0.39 is 0 Å². The maximum absolute atomic E-state index is 6.15. The Morgan fingerprint density at radius 3 is 2.65 bits per heavy atom. The summed E-state index contributed by atoms with van der Waals surface area (Å²) in [5, 5.41) is 4.00. The lowest BCUT2D eigenvalue weighted by Crippen LogP contribution is -2.42. The summed E-state index contributed by atoms with van der Waals surface area (Å²) in [4.78, 5) is 0. The number of nitrogens with one attached hydrogen (secondary N) is 1. The molecule has 0 spiro atoms. The fraction of sp³-hybridized carbons (Fsp3) is 0.571. The fourth-order valence-corrected chi connectivity index (χ4v) is 1.73. The molecule has 0 amide bonds. The second kappa shape index (κ2) is 6.27. The van der Waals surface area contributed by atoms with Crippen LogP contribution in [0.25, 0.3) is 0 Å². The average molecular weight is 256 g/mol. The summed E-state index contributed by atoms with van der Waals surface area (Å²) < 4.78 is 6.07. The Hall–Kier alpha value is -0.730. The van der Waals surface area contributed by atoms with E-state index >= 15 is 0 Å². The van der Waals surface area contributed by atoms with E-state index in [1.807, 2.05) is 25.1 Å². The fourth-order valence-electron chi connectivity index (χ4n) is 1.58. The average Bonchev–Trinajstić information content (AvgIpc) is 2.31. The van der Waals surface area contributed by atoms with Gasteiger partial charge in [0.2, 0.25) is 0 Å². The Kier molecular flexibility index (Phi) is 5.29. The third-order valence-corrected chi connectivity index (χ3v) is 3.25. The van der Waals surface area contributed by atoms with Crippen molar-refractivity contribution in [2.45, 2.75) is 39.7 Å². The molecule has 1 rings (SSSR count). The molecule has 0 aliphatic carbocycles. The Balaban J connectivity index is 2.82. The molecule has 0 saturated heterocycles. The van der Waals surface area contributed by atoms with Gasteiger partial charge in [-0.25, -0.2) is 0 Å². The molecule has 0 aliphatic rings. The van der Waals surface area contributed by atoms with Gasteiger partial charge in [-0.15, -0.1) is 0 Å². The van der Waals surface area contributed by atoms with Gasteiger partial charge in [0.25, 0.3) is 0 Å². The predicted octanol–water partition coefficient (Wildman–Crippen LogP) is 3.81. The summed E-state index contributed by atoms with van der Waals surface area (Å²) in [6, 6.07) is 5.86. The summed E-state index contributed by atoms with van der Waals surface area (Å²) >= 11 is 6.15. The van der Waals surface area contributed by atoms with Gasteiger partial charge in [-0.1, -0.05) is 31.5 Å². The van der Waals surface area contributed by atoms with E-state index in [9.17, 15) is 0 Å². The SMILES string of the molecule is CCNCC(C)(CC)Oc1cc(C)ccc1Cl. The van der Waals surface area contributed by atoms with Gasteiger partial charge in [-0.2, -0.15) is 0 Å². The maximum atomic E-state index is 6.15. The highest BCUT2D eigenvalue weighted by atomic mass is 35.5. The summed E-state index contributed by atoms with van der Waals surface area (Å²) in [7, 11) is 0. The Morgan fingerprint density at radius 2 is 2.06 bits per heavy atom. The Morgan fingerprint density at radius 1 is 1.35 bits per heavy atom. The largest absolute Gasteiger partial charge is 0.485 e. The van der Waals surface area contributed by atoms with E-state index in [1.54, 1.807) is 0 Å². The lowest BCUT2D eigenvalue weighted by molar-refractivity contribution is 0.0842. The number of ether oxygens (including phenoxy) is 1. The molecule has 0 saturated carbocycles. The van der Waals surface area contributed by atoms with Crippen LogP contribution in [-0.4, -0.2) is 18.7 Å². The van der Waals surface area contributed by atoms with Gasteiger partial charge in [-0.3, -0.25) is 0 Å². The molecule has 0 heterocycles. The van der Waals surface area contributed by atoms with Gasteiger partial charge >= 0.3 is 0 Å². The van der Waals surface area contributed by atoms with Crippen LogP contribution in [0.5, 0.6) is 5.75 Å². The first-order valence-corrected chi connectivity index (χ1v) is 6.54. The lowest BCUT2D eigenvalue weighted by atomic mass is 10.0. The van der Waals surface area contributed by atoms with Crippen LogP contribution < -0.4 is 10.1 Å². The molecule has 96 valence electrons. The summed E-state index contributed by atoms with van der Waals surface area (Å²) in [6.07, 6.45) is 0.935. The first-order valence-electron chi connectivity index (χ1n) is 6.16. The first-order chi connectivity index (χ1) is 8.00. The van der Waals surface area contributed by atoms with Gasteiger partial charge in [0, 0.05) is 6.54 Å². The maximum Gasteiger partial charge on any atom is 0.139 e. The van der Waals surface area contributed by atoms with Crippen molar-refractivity contribution in [1.29, 1.82) is 0 Å². The van der Waals surface area contributed by atoms with Gasteiger partial charge in [0.15, 0.2) is 0 Å². The molecule has 1 aromatic carbocycles. The normalized spacial score (nSPS) is 14.4. The number of hydrogen-bond acceptors (Lipinski definition) is 2. The van der Waals surface area contributed by atoms with E-state index in [0.717, 1.165) is 30.8 Å². The number of halogens is 1. The molecule has 3 heteroatoms. The van der Waals surface area contributed by atoms with Crippen LogP contribution in [0.1, 0.15) is 32.8 Å². The minimum Gasteiger partial charge on any atom is -0.485 e. The van der Waals surface area contributed by atoms with Crippen molar-refractivity contribution in [2.75, 3.05) is 13.1 Å². The molecule has 17 heavy (non-hydrogen) atoms. The second-order valence-corrected chi connectivity index (χ2v) is 5.03. The summed E-state index contributed by atoms with van der Waals surface area (Å²) in [5.41, 5.74) is 0.944. The van der Waals surface area contributed by atoms with Crippen LogP contribution in [0.2, 0.25) is 5.02 Å². The van der Waals surface area contributed by atoms with E-state index in [0.29, 0.717) is 5.02 Å². The zero-order valence-electron chi connectivity index (χ0n) is 11.1. The minimum atomic E-state index is -0.215. The molecule has 0 aromatic heterocycles. The van der Waals surface area contributed by atoms with Crippen LogP contribution in [0.3, 0.4) is 0 Å². The van der Waals surface area contributed by atoms with Crippen molar-refractivity contribution in [3.8, 4) is 5.75 Å². The number of likely N-dealkylation sites (N-methyl/N-ethyl adjacent to an activating group) is 1. The highest BCUT2D eigenvalue weighted by molar-refractivity contribution is 6.32. The Labute approximate surface area is 109 Å². The molecular weight excluding hydrogens is 234 g/mol. The summed E-state index contributed by atoms with van der Waals surface area (Å²) in [5.74, 6) is 0.772. The van der Waals surface area contributed by atoms with Crippen LogP contribution in [-0.2, 0) is 0 Å². The topological polar surface area (TPSA) is 21.3 Å². The van der Waals surface area contributed by atoms with Crippen molar-refractivity contribution in [3.63, 3.8) is 0 Å². The molecule has 0 fully saturated rings. The van der Waals surface area contributed by atoms with Gasteiger partial charge in [0.1, 0.15) is 11.4 Å². The highest BCUT2D eigenvalue weighted by Crippen LogP contribution is 2.29. The van der Waals surface area contributed by atoms with Crippen LogP contribution in [0, 0.1) is 6.92 Å². The molecule has 2 nitrogen and oxygen atoms in total. The van der Waals surface area contributed by atoms with Crippen molar-refractivity contribution in [2.24, 2.45) is 0 Å². The molecular formula is C14H22ClNO. The smallest absolute Gasteiger partial charge is 0.139 e. The number of benzene rings is 1. The van der Waals surface area contributed by atoms with Crippen molar-refractivity contribution >= 4 is 11.6 Å². The highest BCUT2D eigenvalue weighted by Gasteiger charge is 2.24. The molecule has 0 radical (unpaired) electrons. The second-order valence-electron chi connectivity index (χ2n) is 4.62. The van der Waals surface area contributed by atoms with Gasteiger partial charge in [-0.05, 0) is 44.5 Å². The zero-order valence-corrected chi connectivity index (χ0v) is 11.9. The molecule has 0 aliphatic heterocycles. The standard InChI is InChI=1S/C14H22ClNO/c1-5-14(4,10-16-6-2)17-13-9-11(3)7-8-12(13)15/h7-9,16H,5-6,10H2,1-4H3. The first kappa shape index (κ1) is 14.3. The van der Waals surface area contributed by atoms with Crippen LogP contribution in [0.15, 0.2) is 18.2 Å². The molecule has 1 N–H and O–H groups in total. The third kappa shape index (κ3) is 4.21. The molecule has 1 unspecified atom stereocenters. The van der Waals surface area contributed by atoms with Crippen LogP contribution in [0.4, 0.5) is 0 Å². The minimum absolute atomic E-state index is 0.215. The number of rotatable bonds is 6. The van der Waals surface area contributed by atoms with E-state index in [-0.39, 0.29) is 5.60 Å². The molecule has 1 atom stereocenters. The van der Waals surface area contributed by atoms with Gasteiger partial charge < -0.3 is 10.1 Å². The molecule has 0 bridgehead atoms. The predicted molar refractivity (Wildman–Crippen MR) is 74.1 cm³/mol. The number of hydrogen-bond donors (Lipinski definition) is 1.